The van der Waals surface area contributed by atoms with Gasteiger partial charge in [0.05, 0.1) is 6.10 Å². The maximum atomic E-state index is 11.3. The number of anilines is 2. The van der Waals surface area contributed by atoms with Crippen LogP contribution in [0, 0.1) is 0 Å². The molecule has 1 aromatic rings. The second-order valence-electron chi connectivity index (χ2n) is 4.72. The second kappa shape index (κ2) is 4.96. The average Bonchev–Trinajstić information content (AvgIpc) is 2.61. The van der Waals surface area contributed by atoms with Gasteiger partial charge in [-0.05, 0) is 25.5 Å². The van der Waals surface area contributed by atoms with E-state index in [2.05, 4.69) is 5.32 Å². The highest BCUT2D eigenvalue weighted by molar-refractivity contribution is 6.02. The zero-order valence-electron chi connectivity index (χ0n) is 10.6. The minimum Gasteiger partial charge on any atom is -0.393 e. The zero-order valence-corrected chi connectivity index (χ0v) is 10.6. The van der Waals surface area contributed by atoms with Crippen molar-refractivity contribution in [1.29, 1.82) is 0 Å². The summed E-state index contributed by atoms with van der Waals surface area (Å²) >= 11 is 0. The number of carbonyl (C=O) groups excluding carboxylic acids is 1. The van der Waals surface area contributed by atoms with E-state index < -0.39 is 6.10 Å². The molecule has 1 aliphatic heterocycles. The maximum Gasteiger partial charge on any atom is 0.257 e. The van der Waals surface area contributed by atoms with Crippen molar-refractivity contribution in [2.45, 2.75) is 25.6 Å². The van der Waals surface area contributed by atoms with E-state index in [1.165, 1.54) is 0 Å². The lowest BCUT2D eigenvalue weighted by Crippen LogP contribution is -2.21. The molecule has 3 N–H and O–H groups in total. The van der Waals surface area contributed by atoms with Crippen LogP contribution in [0.15, 0.2) is 18.2 Å². The first-order valence-corrected chi connectivity index (χ1v) is 6.01. The molecule has 0 saturated heterocycles. The van der Waals surface area contributed by atoms with Gasteiger partial charge in [-0.3, -0.25) is 4.79 Å². The van der Waals surface area contributed by atoms with Crippen LogP contribution in [0.25, 0.3) is 0 Å². The molecule has 0 spiro atoms. The molecule has 0 fully saturated rings. The highest BCUT2D eigenvalue weighted by Crippen LogP contribution is 2.33. The smallest absolute Gasteiger partial charge is 0.257 e. The van der Waals surface area contributed by atoms with E-state index in [1.807, 2.05) is 24.1 Å². The molecule has 0 aromatic heterocycles. The first kappa shape index (κ1) is 12.9. The van der Waals surface area contributed by atoms with Crippen LogP contribution in [0.3, 0.4) is 0 Å². The Morgan fingerprint density at radius 1 is 1.50 bits per heavy atom. The number of amides is 1. The van der Waals surface area contributed by atoms with E-state index in [1.54, 1.807) is 13.0 Å². The first-order valence-electron chi connectivity index (χ1n) is 6.01. The molecule has 0 radical (unpaired) electrons. The lowest BCUT2D eigenvalue weighted by Gasteiger charge is -2.20. The van der Waals surface area contributed by atoms with Crippen LogP contribution < -0.4 is 10.2 Å². The van der Waals surface area contributed by atoms with Gasteiger partial charge in [-0.1, -0.05) is 6.07 Å². The third-order valence-corrected chi connectivity index (χ3v) is 3.16. The average molecular weight is 250 g/mol. The molecular formula is C13H18N2O3. The van der Waals surface area contributed by atoms with Crippen molar-refractivity contribution in [3.8, 4) is 0 Å². The third kappa shape index (κ3) is 2.47. The van der Waals surface area contributed by atoms with Gasteiger partial charge >= 0.3 is 0 Å². The number of fused-ring (bicyclic) bond motifs is 1. The van der Waals surface area contributed by atoms with Crippen molar-refractivity contribution in [1.82, 2.24) is 0 Å². The fourth-order valence-corrected chi connectivity index (χ4v) is 1.98. The quantitative estimate of drug-likeness (QED) is 0.741. The van der Waals surface area contributed by atoms with Crippen LogP contribution in [0.4, 0.5) is 11.4 Å². The molecule has 2 rings (SSSR count). The number of nitrogens with zero attached hydrogens (tertiary/aromatic N) is 1. The largest absolute Gasteiger partial charge is 0.393 e. The van der Waals surface area contributed by atoms with Crippen molar-refractivity contribution in [3.05, 3.63) is 23.8 Å². The Morgan fingerprint density at radius 3 is 2.89 bits per heavy atom. The molecule has 0 saturated carbocycles. The summed E-state index contributed by atoms with van der Waals surface area (Å²) in [4.78, 5) is 13.3. The molecule has 2 unspecified atom stereocenters. The minimum absolute atomic E-state index is 0.330. The normalized spacial score (nSPS) is 19.3. The molecular weight excluding hydrogens is 232 g/mol. The molecule has 0 bridgehead atoms. The first-order chi connectivity index (χ1) is 8.49. The van der Waals surface area contributed by atoms with Gasteiger partial charge in [0, 0.05) is 30.5 Å². The van der Waals surface area contributed by atoms with Gasteiger partial charge in [0.2, 0.25) is 0 Å². The van der Waals surface area contributed by atoms with E-state index in [4.69, 9.17) is 0 Å². The van der Waals surface area contributed by atoms with Crippen molar-refractivity contribution in [2.24, 2.45) is 0 Å². The number of aliphatic hydroxyl groups is 2. The SMILES string of the molecule is CC(O)CCN(C)c1ccc2c(c1)NC(=O)C2O. The summed E-state index contributed by atoms with van der Waals surface area (Å²) in [5, 5.41) is 21.5. The zero-order chi connectivity index (χ0) is 13.3. The minimum atomic E-state index is -1.06. The van der Waals surface area contributed by atoms with Crippen LogP contribution >= 0.6 is 0 Å². The van der Waals surface area contributed by atoms with E-state index in [0.29, 0.717) is 17.7 Å². The molecule has 5 nitrogen and oxygen atoms in total. The monoisotopic (exact) mass is 250 g/mol. The molecule has 98 valence electrons. The van der Waals surface area contributed by atoms with Crippen LogP contribution in [-0.2, 0) is 4.79 Å². The Balaban J connectivity index is 2.13. The number of hydrogen-bond acceptors (Lipinski definition) is 4. The molecule has 2 atom stereocenters. The Labute approximate surface area is 106 Å². The Bertz CT molecular complexity index is 460. The topological polar surface area (TPSA) is 72.8 Å². The lowest BCUT2D eigenvalue weighted by atomic mass is 10.1. The number of nitrogens with one attached hydrogen (secondary N) is 1. The number of aliphatic hydroxyl groups excluding tert-OH is 2. The lowest BCUT2D eigenvalue weighted by molar-refractivity contribution is -0.123. The van der Waals surface area contributed by atoms with Crippen LogP contribution in [0.2, 0.25) is 0 Å². The van der Waals surface area contributed by atoms with Crippen molar-refractivity contribution >= 4 is 17.3 Å². The highest BCUT2D eigenvalue weighted by atomic mass is 16.3. The van der Waals surface area contributed by atoms with Gasteiger partial charge in [-0.25, -0.2) is 0 Å². The van der Waals surface area contributed by atoms with E-state index >= 15 is 0 Å². The summed E-state index contributed by atoms with van der Waals surface area (Å²) in [5.74, 6) is -0.381. The summed E-state index contributed by atoms with van der Waals surface area (Å²) in [6.07, 6.45) is -0.706. The van der Waals surface area contributed by atoms with Crippen LogP contribution in [-0.4, -0.2) is 35.8 Å². The molecule has 0 aliphatic carbocycles. The van der Waals surface area contributed by atoms with Crippen LogP contribution in [0.5, 0.6) is 0 Å². The van der Waals surface area contributed by atoms with Gasteiger partial charge in [0.25, 0.3) is 5.91 Å². The summed E-state index contributed by atoms with van der Waals surface area (Å²) in [6, 6.07) is 5.46. The summed E-state index contributed by atoms with van der Waals surface area (Å²) in [6.45, 7) is 2.49. The predicted octanol–water partition coefficient (Wildman–Crippen LogP) is 0.879. The van der Waals surface area contributed by atoms with Crippen molar-refractivity contribution < 1.29 is 15.0 Å². The predicted molar refractivity (Wildman–Crippen MR) is 69.6 cm³/mol. The van der Waals surface area contributed by atoms with Gasteiger partial charge in [0.1, 0.15) is 0 Å². The van der Waals surface area contributed by atoms with Crippen molar-refractivity contribution in [2.75, 3.05) is 23.8 Å². The van der Waals surface area contributed by atoms with Gasteiger partial charge in [-0.2, -0.15) is 0 Å². The molecule has 1 aromatic carbocycles. The Kier molecular flexibility index (Phi) is 3.54. The molecule has 1 aliphatic rings. The van der Waals surface area contributed by atoms with Crippen LogP contribution in [0.1, 0.15) is 25.0 Å². The second-order valence-corrected chi connectivity index (χ2v) is 4.72. The number of carbonyl (C=O) groups is 1. The molecule has 1 heterocycles. The fraction of sp³-hybridized carbons (Fsp3) is 0.462. The summed E-state index contributed by atoms with van der Waals surface area (Å²) < 4.78 is 0. The van der Waals surface area contributed by atoms with Crippen molar-refractivity contribution in [3.63, 3.8) is 0 Å². The van der Waals surface area contributed by atoms with E-state index in [0.717, 1.165) is 12.2 Å². The Hall–Kier alpha value is -1.59. The number of hydrogen-bond donors (Lipinski definition) is 3. The number of rotatable bonds is 4. The van der Waals surface area contributed by atoms with E-state index in [-0.39, 0.29) is 12.0 Å². The third-order valence-electron chi connectivity index (χ3n) is 3.16. The molecule has 5 heteroatoms. The van der Waals surface area contributed by atoms with Gasteiger partial charge in [-0.15, -0.1) is 0 Å². The number of benzene rings is 1. The maximum absolute atomic E-state index is 11.3. The highest BCUT2D eigenvalue weighted by Gasteiger charge is 2.28. The van der Waals surface area contributed by atoms with E-state index in [9.17, 15) is 15.0 Å². The van der Waals surface area contributed by atoms with Gasteiger partial charge < -0.3 is 20.4 Å². The van der Waals surface area contributed by atoms with Gasteiger partial charge in [0.15, 0.2) is 6.10 Å². The fourth-order valence-electron chi connectivity index (χ4n) is 1.98. The molecule has 18 heavy (non-hydrogen) atoms. The summed E-state index contributed by atoms with van der Waals surface area (Å²) in [7, 11) is 1.93. The standard InChI is InChI=1S/C13H18N2O3/c1-8(16)5-6-15(2)9-3-4-10-11(7-9)14-13(18)12(10)17/h3-4,7-8,12,16-17H,5-6H2,1-2H3,(H,14,18). The molecule has 1 amide bonds. The Morgan fingerprint density at radius 2 is 2.22 bits per heavy atom. The summed E-state index contributed by atoms with van der Waals surface area (Å²) in [5.41, 5.74) is 2.23.